The van der Waals surface area contributed by atoms with Gasteiger partial charge in [-0.3, -0.25) is 4.90 Å². The highest BCUT2D eigenvalue weighted by molar-refractivity contribution is 9.10. The summed E-state index contributed by atoms with van der Waals surface area (Å²) in [5, 5.41) is 0. The van der Waals surface area contributed by atoms with Crippen LogP contribution in [0.1, 0.15) is 31.9 Å². The molecule has 1 heterocycles. The smallest absolute Gasteiger partial charge is 0.411 e. The lowest BCUT2D eigenvalue weighted by atomic mass is 9.95. The Kier molecular flexibility index (Phi) is 4.18. The lowest BCUT2D eigenvalue weighted by Gasteiger charge is -2.35. The SMILES string of the molecule is CC(C)(C)OC(=O)N1Cc2cccc(Br)c2CC1C=O. The van der Waals surface area contributed by atoms with Crippen LogP contribution in [0.2, 0.25) is 0 Å². The van der Waals surface area contributed by atoms with Gasteiger partial charge in [0.25, 0.3) is 0 Å². The number of fused-ring (bicyclic) bond motifs is 1. The van der Waals surface area contributed by atoms with Gasteiger partial charge in [-0.15, -0.1) is 0 Å². The van der Waals surface area contributed by atoms with Crippen LogP contribution in [-0.2, 0) is 22.5 Å². The van der Waals surface area contributed by atoms with Crippen LogP contribution < -0.4 is 0 Å². The van der Waals surface area contributed by atoms with Crippen LogP contribution in [0.15, 0.2) is 22.7 Å². The topological polar surface area (TPSA) is 46.6 Å². The van der Waals surface area contributed by atoms with Crippen molar-refractivity contribution in [3.8, 4) is 0 Å². The zero-order valence-electron chi connectivity index (χ0n) is 11.9. The van der Waals surface area contributed by atoms with Crippen molar-refractivity contribution in [3.05, 3.63) is 33.8 Å². The Morgan fingerprint density at radius 1 is 1.45 bits per heavy atom. The molecule has 20 heavy (non-hydrogen) atoms. The van der Waals surface area contributed by atoms with E-state index in [0.29, 0.717) is 13.0 Å². The first-order chi connectivity index (χ1) is 9.31. The van der Waals surface area contributed by atoms with E-state index in [9.17, 15) is 9.59 Å². The third kappa shape index (κ3) is 3.20. The summed E-state index contributed by atoms with van der Waals surface area (Å²) in [7, 11) is 0. The van der Waals surface area contributed by atoms with Crippen LogP contribution in [0.25, 0.3) is 0 Å². The molecule has 2 rings (SSSR count). The van der Waals surface area contributed by atoms with E-state index in [0.717, 1.165) is 21.9 Å². The van der Waals surface area contributed by atoms with Crippen LogP contribution in [0.3, 0.4) is 0 Å². The van der Waals surface area contributed by atoms with Crippen LogP contribution >= 0.6 is 15.9 Å². The van der Waals surface area contributed by atoms with E-state index in [4.69, 9.17) is 4.74 Å². The number of rotatable bonds is 1. The number of carbonyl (C=O) groups is 2. The Morgan fingerprint density at radius 2 is 2.15 bits per heavy atom. The monoisotopic (exact) mass is 339 g/mol. The van der Waals surface area contributed by atoms with Gasteiger partial charge in [-0.25, -0.2) is 4.79 Å². The number of nitrogens with zero attached hydrogens (tertiary/aromatic N) is 1. The molecule has 0 saturated heterocycles. The molecule has 1 aliphatic heterocycles. The third-order valence-electron chi connectivity index (χ3n) is 3.16. The highest BCUT2D eigenvalue weighted by atomic mass is 79.9. The molecule has 1 aromatic rings. The summed E-state index contributed by atoms with van der Waals surface area (Å²) in [6.45, 7) is 5.84. The molecule has 1 amide bonds. The van der Waals surface area contributed by atoms with Gasteiger partial charge in [0, 0.05) is 10.9 Å². The molecule has 108 valence electrons. The number of amides is 1. The average molecular weight is 340 g/mol. The quantitative estimate of drug-likeness (QED) is 0.737. The van der Waals surface area contributed by atoms with Gasteiger partial charge in [-0.1, -0.05) is 28.1 Å². The summed E-state index contributed by atoms with van der Waals surface area (Å²) in [6.07, 6.45) is 0.881. The van der Waals surface area contributed by atoms with Gasteiger partial charge in [-0.05, 0) is 38.0 Å². The maximum absolute atomic E-state index is 12.2. The van der Waals surface area contributed by atoms with E-state index in [1.807, 2.05) is 39.0 Å². The summed E-state index contributed by atoms with van der Waals surface area (Å²) in [4.78, 5) is 25.0. The first-order valence-electron chi connectivity index (χ1n) is 6.53. The Labute approximate surface area is 127 Å². The molecule has 0 fully saturated rings. The van der Waals surface area contributed by atoms with Crippen molar-refractivity contribution in [1.82, 2.24) is 4.90 Å². The standard InChI is InChI=1S/C15H18BrNO3/c1-15(2,3)20-14(19)17-8-10-5-4-6-13(16)12(10)7-11(17)9-18/h4-6,9,11H,7-8H2,1-3H3. The fourth-order valence-corrected chi connectivity index (χ4v) is 2.81. The zero-order chi connectivity index (χ0) is 14.9. The molecule has 1 atom stereocenters. The molecule has 0 spiro atoms. The molecule has 0 aliphatic carbocycles. The predicted octanol–water partition coefficient (Wildman–Crippen LogP) is 3.31. The molecule has 0 N–H and O–H groups in total. The predicted molar refractivity (Wildman–Crippen MR) is 79.5 cm³/mol. The molecule has 0 aromatic heterocycles. The third-order valence-corrected chi connectivity index (χ3v) is 3.90. The normalized spacial score (nSPS) is 18.4. The van der Waals surface area contributed by atoms with Gasteiger partial charge >= 0.3 is 6.09 Å². The van der Waals surface area contributed by atoms with Crippen molar-refractivity contribution in [2.45, 2.75) is 45.4 Å². The van der Waals surface area contributed by atoms with Crippen molar-refractivity contribution < 1.29 is 14.3 Å². The molecule has 0 radical (unpaired) electrons. The molecule has 1 aromatic carbocycles. The highest BCUT2D eigenvalue weighted by Crippen LogP contribution is 2.29. The number of aldehydes is 1. The molecular formula is C15H18BrNO3. The zero-order valence-corrected chi connectivity index (χ0v) is 13.4. The summed E-state index contributed by atoms with van der Waals surface area (Å²) in [5.41, 5.74) is 1.56. The summed E-state index contributed by atoms with van der Waals surface area (Å²) < 4.78 is 6.35. The Bertz CT molecular complexity index is 536. The van der Waals surface area contributed by atoms with E-state index in [-0.39, 0.29) is 0 Å². The van der Waals surface area contributed by atoms with E-state index >= 15 is 0 Å². The molecule has 0 bridgehead atoms. The van der Waals surface area contributed by atoms with Gasteiger partial charge in [0.05, 0.1) is 12.6 Å². The maximum atomic E-state index is 12.2. The van der Waals surface area contributed by atoms with Gasteiger partial charge in [0.2, 0.25) is 0 Å². The lowest BCUT2D eigenvalue weighted by Crippen LogP contribution is -2.47. The van der Waals surface area contributed by atoms with E-state index < -0.39 is 17.7 Å². The fraction of sp³-hybridized carbons (Fsp3) is 0.467. The lowest BCUT2D eigenvalue weighted by molar-refractivity contribution is -0.113. The van der Waals surface area contributed by atoms with Crippen molar-refractivity contribution in [3.63, 3.8) is 0 Å². The number of hydrogen-bond acceptors (Lipinski definition) is 3. The van der Waals surface area contributed by atoms with Crippen molar-refractivity contribution in [2.24, 2.45) is 0 Å². The summed E-state index contributed by atoms with van der Waals surface area (Å²) in [6, 6.07) is 5.37. The van der Waals surface area contributed by atoms with Crippen LogP contribution in [0, 0.1) is 0 Å². The first-order valence-corrected chi connectivity index (χ1v) is 7.32. The molecule has 5 heteroatoms. The minimum absolute atomic E-state index is 0.396. The molecular weight excluding hydrogens is 322 g/mol. The van der Waals surface area contributed by atoms with Crippen LogP contribution in [-0.4, -0.2) is 28.9 Å². The summed E-state index contributed by atoms with van der Waals surface area (Å²) >= 11 is 3.49. The second kappa shape index (κ2) is 5.56. The number of benzene rings is 1. The fourth-order valence-electron chi connectivity index (χ4n) is 2.24. The number of carbonyl (C=O) groups excluding carboxylic acids is 2. The second-order valence-corrected chi connectivity index (χ2v) is 6.75. The number of ether oxygens (including phenoxy) is 1. The molecule has 1 aliphatic rings. The number of halogens is 1. The Morgan fingerprint density at radius 3 is 2.75 bits per heavy atom. The molecule has 0 saturated carbocycles. The Balaban J connectivity index is 2.27. The van der Waals surface area contributed by atoms with Crippen molar-refractivity contribution in [2.75, 3.05) is 0 Å². The van der Waals surface area contributed by atoms with Gasteiger partial charge in [0.1, 0.15) is 11.9 Å². The first kappa shape index (κ1) is 15.0. The maximum Gasteiger partial charge on any atom is 0.411 e. The second-order valence-electron chi connectivity index (χ2n) is 5.89. The van der Waals surface area contributed by atoms with E-state index in [1.165, 1.54) is 4.90 Å². The molecule has 1 unspecified atom stereocenters. The minimum atomic E-state index is -0.567. The number of hydrogen-bond donors (Lipinski definition) is 0. The van der Waals surface area contributed by atoms with Gasteiger partial charge in [0.15, 0.2) is 0 Å². The summed E-state index contributed by atoms with van der Waals surface area (Å²) in [5.74, 6) is 0. The van der Waals surface area contributed by atoms with Crippen molar-refractivity contribution in [1.29, 1.82) is 0 Å². The molecule has 4 nitrogen and oxygen atoms in total. The van der Waals surface area contributed by atoms with Gasteiger partial charge < -0.3 is 9.53 Å². The van der Waals surface area contributed by atoms with Crippen LogP contribution in [0.5, 0.6) is 0 Å². The van der Waals surface area contributed by atoms with Crippen molar-refractivity contribution >= 4 is 28.3 Å². The van der Waals surface area contributed by atoms with Crippen LogP contribution in [0.4, 0.5) is 4.79 Å². The average Bonchev–Trinajstić information content (AvgIpc) is 2.36. The highest BCUT2D eigenvalue weighted by Gasteiger charge is 2.33. The van der Waals surface area contributed by atoms with Gasteiger partial charge in [-0.2, -0.15) is 0 Å². The largest absolute Gasteiger partial charge is 0.444 e. The Hall–Kier alpha value is -1.36. The minimum Gasteiger partial charge on any atom is -0.444 e. The van der Waals surface area contributed by atoms with E-state index in [1.54, 1.807) is 0 Å². The van der Waals surface area contributed by atoms with E-state index in [2.05, 4.69) is 15.9 Å².